The molecule has 8 nitrogen and oxygen atoms in total. The molecule has 3 atom stereocenters. The number of carboxylic acids is 1. The van der Waals surface area contributed by atoms with Gasteiger partial charge in [0.1, 0.15) is 6.61 Å². The van der Waals surface area contributed by atoms with E-state index in [-0.39, 0.29) is 32.2 Å². The van der Waals surface area contributed by atoms with Gasteiger partial charge in [0.05, 0.1) is 12.5 Å². The van der Waals surface area contributed by atoms with Gasteiger partial charge < -0.3 is 25.2 Å². The summed E-state index contributed by atoms with van der Waals surface area (Å²) in [5, 5.41) is 14.8. The quantitative estimate of drug-likeness (QED) is 0.595. The Balaban J connectivity index is 1.34. The molecule has 8 heteroatoms. The van der Waals surface area contributed by atoms with Gasteiger partial charge in [-0.05, 0) is 29.2 Å². The SMILES string of the molecule is CC(NC(=O)OCC1c2ccccc2-c2ccccc21)C(C)C(=O)NC1(C(=O)O)CCOC1. The molecule has 2 aromatic carbocycles. The number of ether oxygens (including phenoxy) is 2. The highest BCUT2D eigenvalue weighted by atomic mass is 16.5. The van der Waals surface area contributed by atoms with Gasteiger partial charge in [0, 0.05) is 25.0 Å². The van der Waals surface area contributed by atoms with Crippen molar-refractivity contribution in [2.45, 2.75) is 37.8 Å². The summed E-state index contributed by atoms with van der Waals surface area (Å²) in [5.41, 5.74) is 3.09. The van der Waals surface area contributed by atoms with Crippen molar-refractivity contribution in [2.24, 2.45) is 5.92 Å². The zero-order valence-electron chi connectivity index (χ0n) is 18.7. The zero-order chi connectivity index (χ0) is 23.6. The first-order valence-electron chi connectivity index (χ1n) is 11.1. The van der Waals surface area contributed by atoms with Crippen molar-refractivity contribution in [3.05, 3.63) is 59.7 Å². The van der Waals surface area contributed by atoms with Crippen LogP contribution in [-0.4, -0.2) is 54.5 Å². The summed E-state index contributed by atoms with van der Waals surface area (Å²) in [4.78, 5) is 36.8. The second kappa shape index (κ2) is 9.23. The lowest BCUT2D eigenvalue weighted by Crippen LogP contribution is -2.58. The normalized spacial score (nSPS) is 20.9. The van der Waals surface area contributed by atoms with Gasteiger partial charge in [-0.15, -0.1) is 0 Å². The molecule has 1 heterocycles. The number of carbonyl (C=O) groups excluding carboxylic acids is 2. The average molecular weight is 453 g/mol. The van der Waals surface area contributed by atoms with E-state index in [1.54, 1.807) is 13.8 Å². The number of hydrogen-bond acceptors (Lipinski definition) is 5. The zero-order valence-corrected chi connectivity index (χ0v) is 18.7. The molecule has 4 rings (SSSR count). The first-order chi connectivity index (χ1) is 15.8. The molecule has 0 aromatic heterocycles. The van der Waals surface area contributed by atoms with Gasteiger partial charge >= 0.3 is 12.1 Å². The summed E-state index contributed by atoms with van der Waals surface area (Å²) >= 11 is 0. The Morgan fingerprint density at radius 1 is 1.09 bits per heavy atom. The monoisotopic (exact) mass is 452 g/mol. The van der Waals surface area contributed by atoms with E-state index in [1.165, 1.54) is 0 Å². The summed E-state index contributed by atoms with van der Waals surface area (Å²) in [7, 11) is 0. The number of rotatable bonds is 7. The molecule has 3 N–H and O–H groups in total. The van der Waals surface area contributed by atoms with Crippen LogP contribution in [-0.2, 0) is 19.1 Å². The lowest BCUT2D eigenvalue weighted by Gasteiger charge is -2.28. The van der Waals surface area contributed by atoms with Crippen LogP contribution in [0, 0.1) is 5.92 Å². The highest BCUT2D eigenvalue weighted by molar-refractivity contribution is 5.89. The van der Waals surface area contributed by atoms with Crippen molar-refractivity contribution in [3.8, 4) is 11.1 Å². The first-order valence-corrected chi connectivity index (χ1v) is 11.1. The van der Waals surface area contributed by atoms with Crippen molar-refractivity contribution in [3.63, 3.8) is 0 Å². The van der Waals surface area contributed by atoms with Gasteiger partial charge in [-0.2, -0.15) is 0 Å². The van der Waals surface area contributed by atoms with E-state index in [1.807, 2.05) is 36.4 Å². The minimum absolute atomic E-state index is 0.0584. The number of fused-ring (bicyclic) bond motifs is 3. The van der Waals surface area contributed by atoms with Crippen LogP contribution in [0.1, 0.15) is 37.3 Å². The summed E-state index contributed by atoms with van der Waals surface area (Å²) in [6.07, 6.45) is -0.421. The number of amides is 2. The maximum atomic E-state index is 12.7. The third-order valence-corrected chi connectivity index (χ3v) is 6.65. The molecule has 0 saturated carbocycles. The van der Waals surface area contributed by atoms with Crippen LogP contribution in [0.3, 0.4) is 0 Å². The Morgan fingerprint density at radius 2 is 1.70 bits per heavy atom. The molecule has 174 valence electrons. The van der Waals surface area contributed by atoms with Crippen molar-refractivity contribution in [1.29, 1.82) is 0 Å². The van der Waals surface area contributed by atoms with Crippen molar-refractivity contribution >= 4 is 18.0 Å². The summed E-state index contributed by atoms with van der Waals surface area (Å²) in [6, 6.07) is 15.6. The number of alkyl carbamates (subject to hydrolysis) is 1. The predicted octanol–water partition coefficient (Wildman–Crippen LogP) is 2.91. The average Bonchev–Trinajstić information content (AvgIpc) is 3.41. The highest BCUT2D eigenvalue weighted by Crippen LogP contribution is 2.44. The second-order valence-corrected chi connectivity index (χ2v) is 8.73. The smallest absolute Gasteiger partial charge is 0.407 e. The maximum absolute atomic E-state index is 12.7. The van der Waals surface area contributed by atoms with Crippen molar-refractivity contribution in [1.82, 2.24) is 10.6 Å². The maximum Gasteiger partial charge on any atom is 0.407 e. The van der Waals surface area contributed by atoms with E-state index in [4.69, 9.17) is 9.47 Å². The molecular formula is C25H28N2O6. The van der Waals surface area contributed by atoms with Gasteiger partial charge in [0.15, 0.2) is 5.54 Å². The Morgan fingerprint density at radius 3 is 2.24 bits per heavy atom. The first kappa shape index (κ1) is 22.8. The van der Waals surface area contributed by atoms with Crippen LogP contribution < -0.4 is 10.6 Å². The van der Waals surface area contributed by atoms with E-state index in [0.29, 0.717) is 0 Å². The predicted molar refractivity (Wildman–Crippen MR) is 121 cm³/mol. The van der Waals surface area contributed by atoms with Crippen molar-refractivity contribution in [2.75, 3.05) is 19.8 Å². The van der Waals surface area contributed by atoms with Crippen LogP contribution in [0.25, 0.3) is 11.1 Å². The summed E-state index contributed by atoms with van der Waals surface area (Å²) < 4.78 is 10.7. The molecule has 0 radical (unpaired) electrons. The van der Waals surface area contributed by atoms with E-state index in [9.17, 15) is 19.5 Å². The fourth-order valence-electron chi connectivity index (χ4n) is 4.41. The molecule has 1 aliphatic carbocycles. The Labute approximate surface area is 192 Å². The van der Waals surface area contributed by atoms with Crippen LogP contribution in [0.4, 0.5) is 4.79 Å². The van der Waals surface area contributed by atoms with E-state index >= 15 is 0 Å². The van der Waals surface area contributed by atoms with Crippen molar-refractivity contribution < 1.29 is 29.0 Å². The molecule has 3 unspecified atom stereocenters. The fraction of sp³-hybridized carbons (Fsp3) is 0.400. The van der Waals surface area contributed by atoms with Crippen LogP contribution >= 0.6 is 0 Å². The summed E-state index contributed by atoms with van der Waals surface area (Å²) in [5.74, 6) is -2.31. The third-order valence-electron chi connectivity index (χ3n) is 6.65. The molecule has 0 spiro atoms. The van der Waals surface area contributed by atoms with E-state index in [2.05, 4.69) is 22.8 Å². The summed E-state index contributed by atoms with van der Waals surface area (Å²) in [6.45, 7) is 3.69. The fourth-order valence-corrected chi connectivity index (χ4v) is 4.41. The van der Waals surface area contributed by atoms with Crippen LogP contribution in [0.5, 0.6) is 0 Å². The number of benzene rings is 2. The molecule has 33 heavy (non-hydrogen) atoms. The van der Waals surface area contributed by atoms with Crippen LogP contribution in [0.2, 0.25) is 0 Å². The van der Waals surface area contributed by atoms with Gasteiger partial charge in [-0.25, -0.2) is 9.59 Å². The topological polar surface area (TPSA) is 114 Å². The molecule has 2 aromatic rings. The Hall–Kier alpha value is -3.39. The van der Waals surface area contributed by atoms with E-state index < -0.39 is 35.5 Å². The van der Waals surface area contributed by atoms with Gasteiger partial charge in [0.2, 0.25) is 5.91 Å². The molecule has 2 amide bonds. The second-order valence-electron chi connectivity index (χ2n) is 8.73. The molecule has 1 aliphatic heterocycles. The van der Waals surface area contributed by atoms with Gasteiger partial charge in [-0.3, -0.25) is 4.79 Å². The number of aliphatic carboxylic acids is 1. The Kier molecular flexibility index (Phi) is 6.37. The minimum atomic E-state index is -1.42. The minimum Gasteiger partial charge on any atom is -0.479 e. The number of carboxylic acid groups (broad SMARTS) is 1. The number of nitrogens with one attached hydrogen (secondary N) is 2. The number of carbonyl (C=O) groups is 3. The third kappa shape index (κ3) is 4.43. The lowest BCUT2D eigenvalue weighted by atomic mass is 9.95. The largest absolute Gasteiger partial charge is 0.479 e. The standard InChI is InChI=1S/C25H28N2O6/c1-15(22(28)27-25(23(29)30)11-12-32-14-25)16(2)26-24(31)33-13-21-19-9-5-3-7-17(19)18-8-4-6-10-20(18)21/h3-10,15-16,21H,11-14H2,1-2H3,(H,26,31)(H,27,28)(H,29,30). The molecular weight excluding hydrogens is 424 g/mol. The van der Waals surface area contributed by atoms with Gasteiger partial charge in [-0.1, -0.05) is 55.5 Å². The van der Waals surface area contributed by atoms with Gasteiger partial charge in [0.25, 0.3) is 0 Å². The lowest BCUT2D eigenvalue weighted by molar-refractivity contribution is -0.148. The molecule has 1 saturated heterocycles. The van der Waals surface area contributed by atoms with Crippen LogP contribution in [0.15, 0.2) is 48.5 Å². The number of hydrogen-bond donors (Lipinski definition) is 3. The molecule has 0 bridgehead atoms. The van der Waals surface area contributed by atoms with E-state index in [0.717, 1.165) is 22.3 Å². The molecule has 1 fully saturated rings. The highest BCUT2D eigenvalue weighted by Gasteiger charge is 2.45. The Bertz CT molecular complexity index is 1020. The molecule has 2 aliphatic rings.